The van der Waals surface area contributed by atoms with Gasteiger partial charge in [0.1, 0.15) is 5.82 Å². The zero-order chi connectivity index (χ0) is 12.4. The summed E-state index contributed by atoms with van der Waals surface area (Å²) in [6, 6.07) is 4.69. The highest BCUT2D eigenvalue weighted by Crippen LogP contribution is 2.15. The summed E-state index contributed by atoms with van der Waals surface area (Å²) >= 11 is 1.75. The molecule has 2 aromatic rings. The van der Waals surface area contributed by atoms with Crippen molar-refractivity contribution in [2.24, 2.45) is 0 Å². The van der Waals surface area contributed by atoms with Crippen LogP contribution in [0.25, 0.3) is 0 Å². The first-order chi connectivity index (χ1) is 8.81. The molecule has 3 heterocycles. The fourth-order valence-electron chi connectivity index (χ4n) is 2.20. The molecule has 96 valence electrons. The first kappa shape index (κ1) is 11.7. The molecule has 2 aromatic heterocycles. The molecule has 0 amide bonds. The highest BCUT2D eigenvalue weighted by atomic mass is 32.1. The van der Waals surface area contributed by atoms with Gasteiger partial charge in [-0.2, -0.15) is 4.98 Å². The van der Waals surface area contributed by atoms with E-state index in [1.807, 2.05) is 0 Å². The van der Waals surface area contributed by atoms with E-state index in [-0.39, 0.29) is 0 Å². The summed E-state index contributed by atoms with van der Waals surface area (Å²) in [6.07, 6.45) is 0.840. The van der Waals surface area contributed by atoms with Gasteiger partial charge in [0.05, 0.1) is 0 Å². The average molecular weight is 263 g/mol. The van der Waals surface area contributed by atoms with Crippen LogP contribution >= 0.6 is 11.3 Å². The number of aromatic amines is 1. The second-order valence-corrected chi connectivity index (χ2v) is 5.67. The predicted molar refractivity (Wildman–Crippen MR) is 73.2 cm³/mol. The number of H-pyrrole nitrogens is 1. The molecule has 0 radical (unpaired) electrons. The lowest BCUT2D eigenvalue weighted by Gasteiger charge is -2.30. The molecule has 5 nitrogen and oxygen atoms in total. The number of nitrogens with zero attached hydrogens (tertiary/aromatic N) is 3. The van der Waals surface area contributed by atoms with Gasteiger partial charge in [-0.25, -0.2) is 0 Å². The fraction of sp³-hybridized carbons (Fsp3) is 0.500. The van der Waals surface area contributed by atoms with E-state index in [9.17, 15) is 0 Å². The minimum atomic E-state index is 0.498. The van der Waals surface area contributed by atoms with Crippen LogP contribution in [0.3, 0.4) is 0 Å². The van der Waals surface area contributed by atoms with E-state index in [4.69, 9.17) is 0 Å². The molecule has 0 bridgehead atoms. The van der Waals surface area contributed by atoms with Gasteiger partial charge in [0, 0.05) is 37.0 Å². The number of anilines is 1. The lowest BCUT2D eigenvalue weighted by atomic mass is 10.2. The summed E-state index contributed by atoms with van der Waals surface area (Å²) in [5.41, 5.74) is 0. The maximum atomic E-state index is 4.58. The smallest absolute Gasteiger partial charge is 0.244 e. The minimum absolute atomic E-state index is 0.498. The first-order valence-corrected chi connectivity index (χ1v) is 7.11. The SMILES string of the molecule is C[C@H]1CN(c2n[nH]c(Cc3cccs3)n2)CCN1. The molecule has 1 aliphatic rings. The van der Waals surface area contributed by atoms with Crippen molar-refractivity contribution in [1.82, 2.24) is 20.5 Å². The van der Waals surface area contributed by atoms with Crippen molar-refractivity contribution in [2.45, 2.75) is 19.4 Å². The highest BCUT2D eigenvalue weighted by Gasteiger charge is 2.19. The Morgan fingerprint density at radius 1 is 1.56 bits per heavy atom. The number of aromatic nitrogens is 3. The van der Waals surface area contributed by atoms with Crippen molar-refractivity contribution in [1.29, 1.82) is 0 Å². The molecule has 18 heavy (non-hydrogen) atoms. The third-order valence-corrected chi connectivity index (χ3v) is 3.97. The molecule has 2 N–H and O–H groups in total. The second kappa shape index (κ2) is 5.07. The van der Waals surface area contributed by atoms with Gasteiger partial charge < -0.3 is 10.2 Å². The normalized spacial score (nSPS) is 20.3. The molecular weight excluding hydrogens is 246 g/mol. The monoisotopic (exact) mass is 263 g/mol. The van der Waals surface area contributed by atoms with Crippen LogP contribution in [0.4, 0.5) is 5.95 Å². The van der Waals surface area contributed by atoms with Gasteiger partial charge in [-0.05, 0) is 18.4 Å². The van der Waals surface area contributed by atoms with E-state index in [1.54, 1.807) is 11.3 Å². The third kappa shape index (κ3) is 2.54. The molecule has 0 aromatic carbocycles. The van der Waals surface area contributed by atoms with E-state index >= 15 is 0 Å². The predicted octanol–water partition coefficient (Wildman–Crippen LogP) is 1.26. The highest BCUT2D eigenvalue weighted by molar-refractivity contribution is 7.09. The molecule has 0 saturated carbocycles. The van der Waals surface area contributed by atoms with Crippen LogP contribution in [-0.2, 0) is 6.42 Å². The lowest BCUT2D eigenvalue weighted by molar-refractivity contribution is 0.480. The van der Waals surface area contributed by atoms with Crippen LogP contribution in [0.5, 0.6) is 0 Å². The van der Waals surface area contributed by atoms with Crippen LogP contribution in [0.1, 0.15) is 17.6 Å². The van der Waals surface area contributed by atoms with E-state index in [1.165, 1.54) is 4.88 Å². The maximum absolute atomic E-state index is 4.58. The lowest BCUT2D eigenvalue weighted by Crippen LogP contribution is -2.49. The van der Waals surface area contributed by atoms with Crippen molar-refractivity contribution >= 4 is 17.3 Å². The topological polar surface area (TPSA) is 56.8 Å². The van der Waals surface area contributed by atoms with E-state index in [0.717, 1.165) is 37.8 Å². The fourth-order valence-corrected chi connectivity index (χ4v) is 2.91. The summed E-state index contributed by atoms with van der Waals surface area (Å²) in [5.74, 6) is 1.77. The van der Waals surface area contributed by atoms with Gasteiger partial charge >= 0.3 is 0 Å². The third-order valence-electron chi connectivity index (χ3n) is 3.09. The van der Waals surface area contributed by atoms with Gasteiger partial charge in [0.25, 0.3) is 0 Å². The van der Waals surface area contributed by atoms with E-state index in [2.05, 4.69) is 49.8 Å². The molecule has 0 aliphatic carbocycles. The van der Waals surface area contributed by atoms with Gasteiger partial charge in [-0.3, -0.25) is 5.10 Å². The molecule has 0 spiro atoms. The zero-order valence-corrected chi connectivity index (χ0v) is 11.2. The van der Waals surface area contributed by atoms with E-state index < -0.39 is 0 Å². The molecule has 3 rings (SSSR count). The summed E-state index contributed by atoms with van der Waals surface area (Å²) in [6.45, 7) is 5.12. The Morgan fingerprint density at radius 2 is 2.50 bits per heavy atom. The Bertz CT molecular complexity index is 492. The number of hydrogen-bond donors (Lipinski definition) is 2. The van der Waals surface area contributed by atoms with Crippen LogP contribution in [0, 0.1) is 0 Å². The van der Waals surface area contributed by atoms with Crippen molar-refractivity contribution in [3.63, 3.8) is 0 Å². The summed E-state index contributed by atoms with van der Waals surface area (Å²) in [7, 11) is 0. The summed E-state index contributed by atoms with van der Waals surface area (Å²) in [5, 5.41) is 12.9. The Labute approximate surface area is 110 Å². The molecular formula is C12H17N5S. The van der Waals surface area contributed by atoms with E-state index in [0.29, 0.717) is 6.04 Å². The molecule has 0 unspecified atom stereocenters. The van der Waals surface area contributed by atoms with Crippen LogP contribution < -0.4 is 10.2 Å². The van der Waals surface area contributed by atoms with Gasteiger partial charge in [0.2, 0.25) is 5.95 Å². The average Bonchev–Trinajstić information content (AvgIpc) is 3.01. The van der Waals surface area contributed by atoms with Crippen LogP contribution in [0.2, 0.25) is 0 Å². The van der Waals surface area contributed by atoms with Gasteiger partial charge in [-0.15, -0.1) is 16.4 Å². The Hall–Kier alpha value is -1.40. The molecule has 1 fully saturated rings. The van der Waals surface area contributed by atoms with Crippen molar-refractivity contribution in [3.05, 3.63) is 28.2 Å². The Morgan fingerprint density at radius 3 is 3.28 bits per heavy atom. The standard InChI is InChI=1S/C12H17N5S/c1-9-8-17(5-4-13-9)12-14-11(15-16-12)7-10-3-2-6-18-10/h2-3,6,9,13H,4-5,7-8H2,1H3,(H,14,15,16)/t9-/m0/s1. The maximum Gasteiger partial charge on any atom is 0.244 e. The quantitative estimate of drug-likeness (QED) is 0.875. The molecule has 1 atom stereocenters. The zero-order valence-electron chi connectivity index (χ0n) is 10.4. The molecule has 1 aliphatic heterocycles. The number of thiophene rings is 1. The van der Waals surface area contributed by atoms with Crippen LogP contribution in [0.15, 0.2) is 17.5 Å². The van der Waals surface area contributed by atoms with Crippen molar-refractivity contribution in [2.75, 3.05) is 24.5 Å². The molecule has 6 heteroatoms. The Kier molecular flexibility index (Phi) is 3.29. The number of rotatable bonds is 3. The number of nitrogens with one attached hydrogen (secondary N) is 2. The van der Waals surface area contributed by atoms with Crippen molar-refractivity contribution in [3.8, 4) is 0 Å². The van der Waals surface area contributed by atoms with Crippen LogP contribution in [-0.4, -0.2) is 40.9 Å². The first-order valence-electron chi connectivity index (χ1n) is 6.23. The summed E-state index contributed by atoms with van der Waals surface area (Å²) in [4.78, 5) is 8.12. The second-order valence-electron chi connectivity index (χ2n) is 4.64. The van der Waals surface area contributed by atoms with Gasteiger partial charge in [-0.1, -0.05) is 6.07 Å². The van der Waals surface area contributed by atoms with Gasteiger partial charge in [0.15, 0.2) is 0 Å². The largest absolute Gasteiger partial charge is 0.337 e. The number of piperazine rings is 1. The van der Waals surface area contributed by atoms with Crippen molar-refractivity contribution < 1.29 is 0 Å². The Balaban J connectivity index is 1.69. The minimum Gasteiger partial charge on any atom is -0.337 e. The molecule has 1 saturated heterocycles. The number of hydrogen-bond acceptors (Lipinski definition) is 5. The summed E-state index contributed by atoms with van der Waals surface area (Å²) < 4.78 is 0.